The Labute approximate surface area is 219 Å². The maximum Gasteiger partial charge on any atom is 0.281 e. The number of para-hydroxylation sites is 1. The summed E-state index contributed by atoms with van der Waals surface area (Å²) in [6.45, 7) is 14.4. The van der Waals surface area contributed by atoms with Gasteiger partial charge in [0, 0.05) is 19.4 Å². The highest BCUT2D eigenvalue weighted by Crippen LogP contribution is 2.41. The summed E-state index contributed by atoms with van der Waals surface area (Å²) in [4.78, 5) is 34.5. The van der Waals surface area contributed by atoms with Crippen LogP contribution in [0.25, 0.3) is 16.7 Å². The lowest BCUT2D eigenvalue weighted by atomic mass is 10.1. The minimum Gasteiger partial charge on any atom is -0.321 e. The predicted octanol–water partition coefficient (Wildman–Crippen LogP) is 4.71. The molecule has 3 aromatic rings. The highest BCUT2D eigenvalue weighted by molar-refractivity contribution is 7.90. The van der Waals surface area contributed by atoms with E-state index in [0.29, 0.717) is 33.3 Å². The van der Waals surface area contributed by atoms with Gasteiger partial charge in [-0.2, -0.15) is 4.98 Å². The number of carbonyl (C=O) groups is 1. The monoisotopic (exact) mass is 538 g/mol. The minimum absolute atomic E-state index is 0.0197. The van der Waals surface area contributed by atoms with Gasteiger partial charge in [-0.3, -0.25) is 14.2 Å². The number of benzene rings is 1. The fourth-order valence-electron chi connectivity index (χ4n) is 5.17. The summed E-state index contributed by atoms with van der Waals surface area (Å²) in [6, 6.07) is 8.73. The number of sulfone groups is 1. The number of nitrogens with zero attached hydrogens (tertiary/aromatic N) is 3. The number of nitrogens with one attached hydrogen (secondary N) is 1. The van der Waals surface area contributed by atoms with Crippen LogP contribution in [-0.4, -0.2) is 43.2 Å². The third-order valence-electron chi connectivity index (χ3n) is 6.81. The molecule has 0 radical (unpaired) electrons. The Morgan fingerprint density at radius 2 is 1.59 bits per heavy atom. The van der Waals surface area contributed by atoms with E-state index in [9.17, 15) is 18.0 Å². The molecule has 0 fully saturated rings. The van der Waals surface area contributed by atoms with Crippen LogP contribution in [0, 0.1) is 11.5 Å². The maximum absolute atomic E-state index is 13.9. The number of aromatic nitrogens is 3. The van der Waals surface area contributed by atoms with Crippen LogP contribution in [0.3, 0.4) is 0 Å². The molecule has 10 heteroatoms. The molecule has 1 amide bonds. The zero-order valence-corrected chi connectivity index (χ0v) is 24.4. The van der Waals surface area contributed by atoms with Gasteiger partial charge in [0.2, 0.25) is 20.9 Å². The molecule has 1 aromatic carbocycles. The average Bonchev–Trinajstić information content (AvgIpc) is 2.80. The van der Waals surface area contributed by atoms with Gasteiger partial charge in [0.25, 0.3) is 5.56 Å². The highest BCUT2D eigenvalue weighted by Gasteiger charge is 2.41. The maximum atomic E-state index is 13.9. The molecule has 0 saturated carbocycles. The van der Waals surface area contributed by atoms with Crippen LogP contribution in [0.2, 0.25) is 16.6 Å². The van der Waals surface area contributed by atoms with Crippen molar-refractivity contribution in [3.63, 3.8) is 0 Å². The van der Waals surface area contributed by atoms with Gasteiger partial charge in [-0.1, -0.05) is 65.7 Å². The molecule has 37 heavy (non-hydrogen) atoms. The van der Waals surface area contributed by atoms with E-state index in [4.69, 9.17) is 0 Å². The van der Waals surface area contributed by atoms with Crippen LogP contribution in [0.15, 0.2) is 46.5 Å². The third kappa shape index (κ3) is 5.38. The lowest BCUT2D eigenvalue weighted by Crippen LogP contribution is -2.43. The van der Waals surface area contributed by atoms with Crippen molar-refractivity contribution >= 4 is 40.5 Å². The molecule has 0 saturated heterocycles. The van der Waals surface area contributed by atoms with Gasteiger partial charge in [-0.15, -0.1) is 5.54 Å². The summed E-state index contributed by atoms with van der Waals surface area (Å²) in [7, 11) is -5.97. The van der Waals surface area contributed by atoms with Crippen molar-refractivity contribution in [2.45, 2.75) is 70.2 Å². The molecule has 0 unspecified atom stereocenters. The summed E-state index contributed by atoms with van der Waals surface area (Å²) in [5, 5.41) is 2.66. The second-order valence-electron chi connectivity index (χ2n) is 10.2. The molecular weight excluding hydrogens is 504 g/mol. The second kappa shape index (κ2) is 10.6. The van der Waals surface area contributed by atoms with E-state index in [0.717, 1.165) is 6.26 Å². The molecule has 0 spiro atoms. The van der Waals surface area contributed by atoms with Crippen molar-refractivity contribution in [3.8, 4) is 17.2 Å². The number of anilines is 1. The first-order chi connectivity index (χ1) is 17.2. The quantitative estimate of drug-likeness (QED) is 0.276. The first-order valence-corrected chi connectivity index (χ1v) is 16.4. The van der Waals surface area contributed by atoms with Crippen molar-refractivity contribution in [3.05, 3.63) is 52.4 Å². The van der Waals surface area contributed by atoms with Crippen molar-refractivity contribution in [1.82, 2.24) is 14.5 Å². The Bertz CT molecular complexity index is 1550. The Hall–Kier alpha value is -3.29. The Balaban J connectivity index is 2.57. The SMILES string of the molecule is CC(=O)Nc1c(C#C[Si](C(C)C)(C(C)C)C(C)C)c2cnc(S(C)(=O)=O)nc2n(-c2ccccc2)c1=O. The van der Waals surface area contributed by atoms with Gasteiger partial charge < -0.3 is 5.32 Å². The van der Waals surface area contributed by atoms with Crippen LogP contribution >= 0.6 is 0 Å². The number of pyridine rings is 1. The number of hydrogen-bond donors (Lipinski definition) is 1. The average molecular weight is 539 g/mol. The number of amides is 1. The normalized spacial score (nSPS) is 12.2. The summed E-state index contributed by atoms with van der Waals surface area (Å²) in [5.74, 6) is 2.86. The number of fused-ring (bicyclic) bond motifs is 1. The second-order valence-corrected chi connectivity index (χ2v) is 17.7. The molecule has 2 aromatic heterocycles. The summed E-state index contributed by atoms with van der Waals surface area (Å²) in [5.41, 5.74) is 4.96. The first-order valence-electron chi connectivity index (χ1n) is 12.2. The standard InChI is InChI=1S/C27H34N4O4SSi/c1-17(2)37(18(3)4,19(5)6)15-14-22-23-16-28-27(36(8,34)35)30-25(23)31(21-12-10-9-11-13-21)26(33)24(22)29-20(7)32/h9-13,16-19H,1-8H3,(H,29,32). The molecule has 0 aliphatic rings. The molecule has 1 N–H and O–H groups in total. The lowest BCUT2D eigenvalue weighted by Gasteiger charge is -2.38. The molecule has 0 aliphatic heterocycles. The number of rotatable bonds is 6. The topological polar surface area (TPSA) is 111 Å². The van der Waals surface area contributed by atoms with Crippen LogP contribution < -0.4 is 10.9 Å². The largest absolute Gasteiger partial charge is 0.321 e. The van der Waals surface area contributed by atoms with Gasteiger partial charge in [0.05, 0.1) is 16.6 Å². The Kier molecular flexibility index (Phi) is 8.10. The van der Waals surface area contributed by atoms with Crippen LogP contribution in [0.4, 0.5) is 5.69 Å². The van der Waals surface area contributed by atoms with Crippen LogP contribution in [0.5, 0.6) is 0 Å². The number of hydrogen-bond acceptors (Lipinski definition) is 6. The van der Waals surface area contributed by atoms with E-state index in [1.54, 1.807) is 30.3 Å². The van der Waals surface area contributed by atoms with Crippen molar-refractivity contribution in [2.75, 3.05) is 11.6 Å². The first kappa shape index (κ1) is 28.3. The van der Waals surface area contributed by atoms with Crippen molar-refractivity contribution < 1.29 is 13.2 Å². The summed E-state index contributed by atoms with van der Waals surface area (Å²) in [6.07, 6.45) is 2.38. The number of carbonyl (C=O) groups excluding carboxylic acids is 1. The van der Waals surface area contributed by atoms with Crippen molar-refractivity contribution in [1.29, 1.82) is 0 Å². The lowest BCUT2D eigenvalue weighted by molar-refractivity contribution is -0.114. The van der Waals surface area contributed by atoms with E-state index in [-0.39, 0.29) is 11.3 Å². The Morgan fingerprint density at radius 3 is 2.08 bits per heavy atom. The third-order valence-corrected chi connectivity index (χ3v) is 14.0. The van der Waals surface area contributed by atoms with E-state index < -0.39 is 34.5 Å². The van der Waals surface area contributed by atoms with Crippen molar-refractivity contribution in [2.24, 2.45) is 0 Å². The van der Waals surface area contributed by atoms with E-state index in [2.05, 4.69) is 68.3 Å². The Morgan fingerprint density at radius 1 is 1.03 bits per heavy atom. The fourth-order valence-corrected chi connectivity index (χ4v) is 10.9. The van der Waals surface area contributed by atoms with E-state index >= 15 is 0 Å². The van der Waals surface area contributed by atoms with E-state index in [1.807, 2.05) is 0 Å². The zero-order chi connectivity index (χ0) is 27.7. The van der Waals surface area contributed by atoms with Gasteiger partial charge in [-0.25, -0.2) is 13.4 Å². The zero-order valence-electron chi connectivity index (χ0n) is 22.6. The molecule has 2 heterocycles. The molecular formula is C27H34N4O4SSi. The molecule has 8 nitrogen and oxygen atoms in total. The molecule has 196 valence electrons. The molecule has 3 rings (SSSR count). The minimum atomic E-state index is -3.75. The molecule has 0 bridgehead atoms. The van der Waals surface area contributed by atoms with E-state index in [1.165, 1.54) is 17.7 Å². The van der Waals surface area contributed by atoms with Gasteiger partial charge in [0.15, 0.2) is 5.65 Å². The van der Waals surface area contributed by atoms with Gasteiger partial charge >= 0.3 is 0 Å². The molecule has 0 aliphatic carbocycles. The predicted molar refractivity (Wildman–Crippen MR) is 150 cm³/mol. The highest BCUT2D eigenvalue weighted by atomic mass is 32.2. The summed E-state index contributed by atoms with van der Waals surface area (Å²) < 4.78 is 25.9. The summed E-state index contributed by atoms with van der Waals surface area (Å²) >= 11 is 0. The van der Waals surface area contributed by atoms with Crippen LogP contribution in [-0.2, 0) is 14.6 Å². The fraction of sp³-hybridized carbons (Fsp3) is 0.407. The van der Waals surface area contributed by atoms with Crippen LogP contribution in [0.1, 0.15) is 54.0 Å². The van der Waals surface area contributed by atoms with Gasteiger partial charge in [-0.05, 0) is 28.8 Å². The van der Waals surface area contributed by atoms with Gasteiger partial charge in [0.1, 0.15) is 13.8 Å². The molecule has 0 atom stereocenters. The smallest absolute Gasteiger partial charge is 0.281 e.